The molecule has 4 rings (SSSR count). The minimum atomic E-state index is -0.600. The molecule has 0 radical (unpaired) electrons. The summed E-state index contributed by atoms with van der Waals surface area (Å²) in [6.07, 6.45) is 0.690. The number of nitrogens with one attached hydrogen (secondary N) is 1. The van der Waals surface area contributed by atoms with E-state index in [1.54, 1.807) is 6.07 Å². The van der Waals surface area contributed by atoms with Gasteiger partial charge in [-0.3, -0.25) is 4.90 Å². The maximum Gasteiger partial charge on any atom is 0.188 e. The molecule has 1 saturated heterocycles. The van der Waals surface area contributed by atoms with Crippen LogP contribution in [0.5, 0.6) is 5.75 Å². The fraction of sp³-hybridized carbons (Fsp3) is 0.350. The van der Waals surface area contributed by atoms with Gasteiger partial charge in [-0.25, -0.2) is 4.39 Å². The van der Waals surface area contributed by atoms with Crippen molar-refractivity contribution in [3.8, 4) is 5.75 Å². The van der Waals surface area contributed by atoms with Crippen LogP contribution in [0.25, 0.3) is 0 Å². The fourth-order valence-electron chi connectivity index (χ4n) is 3.74. The minimum Gasteiger partial charge on any atom is -0.467 e. The molecule has 3 nitrogen and oxygen atoms in total. The number of rotatable bonds is 2. The Morgan fingerprint density at radius 3 is 2.64 bits per heavy atom. The van der Waals surface area contributed by atoms with Crippen LogP contribution >= 0.6 is 12.2 Å². The second-order valence-electron chi connectivity index (χ2n) is 7.25. The average Bonchev–Trinajstić information content (AvgIpc) is 2.55. The van der Waals surface area contributed by atoms with Gasteiger partial charge in [-0.15, -0.1) is 0 Å². The molecule has 130 valence electrons. The number of thiocarbonyl (C=S) groups is 1. The Morgan fingerprint density at radius 2 is 1.96 bits per heavy atom. The lowest BCUT2D eigenvalue weighted by Gasteiger charge is -2.52. The highest BCUT2D eigenvalue weighted by atomic mass is 32.1. The molecule has 0 amide bonds. The molecule has 2 aromatic rings. The predicted octanol–water partition coefficient (Wildman–Crippen LogP) is 4.88. The van der Waals surface area contributed by atoms with Gasteiger partial charge in [0.25, 0.3) is 0 Å². The summed E-state index contributed by atoms with van der Waals surface area (Å²) in [6.45, 7) is 6.39. The van der Waals surface area contributed by atoms with Gasteiger partial charge in [-0.05, 0) is 61.0 Å². The fourth-order valence-corrected chi connectivity index (χ4v) is 4.19. The quantitative estimate of drug-likeness (QED) is 0.775. The lowest BCUT2D eigenvalue weighted by atomic mass is 9.90. The molecule has 0 saturated carbocycles. The van der Waals surface area contributed by atoms with Crippen LogP contribution in [0.1, 0.15) is 50.3 Å². The molecule has 2 atom stereocenters. The molecule has 0 aliphatic carbocycles. The first kappa shape index (κ1) is 16.3. The Balaban J connectivity index is 1.73. The van der Waals surface area contributed by atoms with Gasteiger partial charge in [-0.1, -0.05) is 26.0 Å². The van der Waals surface area contributed by atoms with Gasteiger partial charge < -0.3 is 10.1 Å². The number of anilines is 1. The van der Waals surface area contributed by atoms with Gasteiger partial charge in [-0.2, -0.15) is 0 Å². The lowest BCUT2D eigenvalue weighted by Crippen LogP contribution is -2.65. The van der Waals surface area contributed by atoms with Crippen LogP contribution in [-0.2, 0) is 0 Å². The molecule has 0 aromatic heterocycles. The molecule has 2 aromatic carbocycles. The molecule has 25 heavy (non-hydrogen) atoms. The van der Waals surface area contributed by atoms with Gasteiger partial charge in [0.2, 0.25) is 0 Å². The summed E-state index contributed by atoms with van der Waals surface area (Å²) in [5.74, 6) is 0.928. The number of ether oxygens (including phenoxy) is 1. The van der Waals surface area contributed by atoms with E-state index in [1.807, 2.05) is 11.8 Å². The van der Waals surface area contributed by atoms with Crippen molar-refractivity contribution >= 4 is 23.0 Å². The Morgan fingerprint density at radius 1 is 1.24 bits per heavy atom. The predicted molar refractivity (Wildman–Crippen MR) is 102 cm³/mol. The molecule has 2 aliphatic rings. The summed E-state index contributed by atoms with van der Waals surface area (Å²) in [7, 11) is 0. The molecule has 1 fully saturated rings. The zero-order valence-corrected chi connectivity index (χ0v) is 15.4. The molecule has 0 spiro atoms. The van der Waals surface area contributed by atoms with Crippen molar-refractivity contribution in [2.75, 3.05) is 4.90 Å². The van der Waals surface area contributed by atoms with Crippen LogP contribution < -0.4 is 15.0 Å². The van der Waals surface area contributed by atoms with Crippen LogP contribution in [-0.4, -0.2) is 10.8 Å². The van der Waals surface area contributed by atoms with Crippen molar-refractivity contribution in [3.05, 3.63) is 59.4 Å². The summed E-state index contributed by atoms with van der Waals surface area (Å²) in [5.41, 5.74) is 2.51. The van der Waals surface area contributed by atoms with Crippen molar-refractivity contribution in [3.63, 3.8) is 0 Å². The van der Waals surface area contributed by atoms with Crippen LogP contribution in [0.4, 0.5) is 10.1 Å². The highest BCUT2D eigenvalue weighted by molar-refractivity contribution is 7.80. The van der Waals surface area contributed by atoms with Crippen molar-refractivity contribution in [1.82, 2.24) is 5.32 Å². The highest BCUT2D eigenvalue weighted by Gasteiger charge is 2.48. The zero-order chi connectivity index (χ0) is 17.8. The molecule has 2 aliphatic heterocycles. The maximum atomic E-state index is 13.6. The summed E-state index contributed by atoms with van der Waals surface area (Å²) in [6, 6.07) is 13.0. The van der Waals surface area contributed by atoms with E-state index in [-0.39, 0.29) is 11.9 Å². The van der Waals surface area contributed by atoms with E-state index < -0.39 is 5.72 Å². The third-order valence-electron chi connectivity index (χ3n) is 5.05. The Hall–Kier alpha value is -2.14. The molecule has 2 unspecified atom stereocenters. The number of fused-ring (bicyclic) bond motifs is 4. The van der Waals surface area contributed by atoms with E-state index >= 15 is 0 Å². The number of benzene rings is 2. The molecular weight excluding hydrogens is 335 g/mol. The first-order chi connectivity index (χ1) is 11.9. The van der Waals surface area contributed by atoms with E-state index in [0.29, 0.717) is 23.2 Å². The number of halogens is 1. The van der Waals surface area contributed by atoms with E-state index in [1.165, 1.54) is 17.7 Å². The van der Waals surface area contributed by atoms with Crippen molar-refractivity contribution in [1.29, 1.82) is 0 Å². The first-order valence-corrected chi connectivity index (χ1v) is 8.97. The zero-order valence-electron chi connectivity index (χ0n) is 14.5. The van der Waals surface area contributed by atoms with Gasteiger partial charge in [0, 0.05) is 17.7 Å². The summed E-state index contributed by atoms with van der Waals surface area (Å²) in [4.78, 5) is 2.02. The molecule has 2 bridgehead atoms. The van der Waals surface area contributed by atoms with Crippen LogP contribution in [0.3, 0.4) is 0 Å². The topological polar surface area (TPSA) is 24.5 Å². The second-order valence-corrected chi connectivity index (χ2v) is 7.63. The Labute approximate surface area is 152 Å². The van der Waals surface area contributed by atoms with Crippen molar-refractivity contribution < 1.29 is 9.13 Å². The van der Waals surface area contributed by atoms with E-state index in [4.69, 9.17) is 17.0 Å². The molecule has 2 heterocycles. The molecular formula is C20H21FN2OS. The largest absolute Gasteiger partial charge is 0.467 e. The minimum absolute atomic E-state index is 0.0388. The summed E-state index contributed by atoms with van der Waals surface area (Å²) >= 11 is 5.62. The standard InChI is InChI=1S/C20H21FN2OS/c1-12(2)13-4-7-15(8-5-13)23-19(25)22-17-11-20(23,3)24-18-9-6-14(21)10-16(17)18/h4-10,12,17H,11H2,1-3H3,(H,22,25). The van der Waals surface area contributed by atoms with Gasteiger partial charge in [0.15, 0.2) is 10.8 Å². The smallest absolute Gasteiger partial charge is 0.188 e. The first-order valence-electron chi connectivity index (χ1n) is 8.56. The van der Waals surface area contributed by atoms with Crippen LogP contribution in [0, 0.1) is 5.82 Å². The van der Waals surface area contributed by atoms with Crippen molar-refractivity contribution in [2.24, 2.45) is 0 Å². The Kier molecular flexibility index (Phi) is 3.72. The van der Waals surface area contributed by atoms with Gasteiger partial charge in [0.1, 0.15) is 11.6 Å². The normalized spacial score (nSPS) is 24.6. The van der Waals surface area contributed by atoms with Crippen LogP contribution in [0.2, 0.25) is 0 Å². The molecule has 1 N–H and O–H groups in total. The van der Waals surface area contributed by atoms with Crippen molar-refractivity contribution in [2.45, 2.75) is 44.9 Å². The average molecular weight is 356 g/mol. The summed E-state index contributed by atoms with van der Waals surface area (Å²) in [5, 5.41) is 3.96. The monoisotopic (exact) mass is 356 g/mol. The number of hydrogen-bond donors (Lipinski definition) is 1. The van der Waals surface area contributed by atoms with E-state index in [9.17, 15) is 4.39 Å². The number of nitrogens with zero attached hydrogens (tertiary/aromatic N) is 1. The molecule has 5 heteroatoms. The lowest BCUT2D eigenvalue weighted by molar-refractivity contribution is 0.0495. The second kappa shape index (κ2) is 5.70. The van der Waals surface area contributed by atoms with Gasteiger partial charge in [0.05, 0.1) is 6.04 Å². The van der Waals surface area contributed by atoms with Gasteiger partial charge >= 0.3 is 0 Å². The SMILES string of the molecule is CC(C)c1ccc(N2C(=S)NC3CC2(C)Oc2ccc(F)cc23)cc1. The van der Waals surface area contributed by atoms with E-state index in [0.717, 1.165) is 11.3 Å². The Bertz CT molecular complexity index is 836. The highest BCUT2D eigenvalue weighted by Crippen LogP contribution is 2.45. The number of hydrogen-bond acceptors (Lipinski definition) is 2. The third-order valence-corrected chi connectivity index (χ3v) is 5.35. The third kappa shape index (κ3) is 2.67. The van der Waals surface area contributed by atoms with Crippen LogP contribution in [0.15, 0.2) is 42.5 Å². The maximum absolute atomic E-state index is 13.6. The summed E-state index contributed by atoms with van der Waals surface area (Å²) < 4.78 is 19.9. The van der Waals surface area contributed by atoms with E-state index in [2.05, 4.69) is 43.4 Å².